The van der Waals surface area contributed by atoms with E-state index in [4.69, 9.17) is 0 Å². The third kappa shape index (κ3) is 0.964. The summed E-state index contributed by atoms with van der Waals surface area (Å²) in [4.78, 5) is 10.0. The Kier molecular flexibility index (Phi) is 1.47. The highest BCUT2D eigenvalue weighted by Gasteiger charge is 1.92. The molecule has 0 aliphatic carbocycles. The zero-order valence-corrected chi connectivity index (χ0v) is 4.42. The molecule has 2 nitrogen and oxygen atoms in total. The number of aldehydes is 1. The van der Waals surface area contributed by atoms with Crippen molar-refractivity contribution >= 4 is 6.29 Å². The molecule has 0 saturated carbocycles. The van der Waals surface area contributed by atoms with Crippen molar-refractivity contribution in [3.8, 4) is 0 Å². The van der Waals surface area contributed by atoms with Crippen LogP contribution in [0.5, 0.6) is 0 Å². The van der Waals surface area contributed by atoms with E-state index in [0.717, 1.165) is 11.9 Å². The van der Waals surface area contributed by atoms with Gasteiger partial charge in [0, 0.05) is 12.1 Å². The lowest BCUT2D eigenvalue weighted by Crippen LogP contribution is -2.12. The van der Waals surface area contributed by atoms with Crippen molar-refractivity contribution in [3.63, 3.8) is 0 Å². The van der Waals surface area contributed by atoms with E-state index in [2.05, 4.69) is 5.32 Å². The summed E-state index contributed by atoms with van der Waals surface area (Å²) in [6, 6.07) is 0. The SMILES string of the molecule is O=CC1=CC=CNC1. The third-order valence-corrected chi connectivity index (χ3v) is 0.982. The van der Waals surface area contributed by atoms with E-state index in [9.17, 15) is 4.79 Å². The molecule has 1 N–H and O–H groups in total. The standard InChI is InChI=1S/C6H7NO/c8-5-6-2-1-3-7-4-6/h1-3,5,7H,4H2. The number of nitrogens with one attached hydrogen (secondary N) is 1. The molecule has 0 aromatic carbocycles. The van der Waals surface area contributed by atoms with Crippen LogP contribution in [0.15, 0.2) is 23.9 Å². The van der Waals surface area contributed by atoms with Crippen LogP contribution in [0.4, 0.5) is 0 Å². The van der Waals surface area contributed by atoms with Gasteiger partial charge in [-0.3, -0.25) is 4.79 Å². The molecule has 1 aliphatic rings. The zero-order chi connectivity index (χ0) is 5.82. The van der Waals surface area contributed by atoms with Crippen molar-refractivity contribution < 1.29 is 4.79 Å². The Morgan fingerprint density at radius 2 is 2.62 bits per heavy atom. The van der Waals surface area contributed by atoms with E-state index >= 15 is 0 Å². The van der Waals surface area contributed by atoms with Crippen molar-refractivity contribution in [2.45, 2.75) is 0 Å². The van der Waals surface area contributed by atoms with Crippen molar-refractivity contribution in [3.05, 3.63) is 23.9 Å². The molecule has 0 spiro atoms. The van der Waals surface area contributed by atoms with Gasteiger partial charge in [-0.1, -0.05) is 6.08 Å². The molecule has 1 aliphatic heterocycles. The summed E-state index contributed by atoms with van der Waals surface area (Å²) in [5, 5.41) is 2.91. The minimum Gasteiger partial charge on any atom is -0.387 e. The second-order valence-corrected chi connectivity index (χ2v) is 1.60. The molecule has 0 aromatic rings. The molecular formula is C6H7NO. The maximum absolute atomic E-state index is 10.0. The fraction of sp³-hybridized carbons (Fsp3) is 0.167. The topological polar surface area (TPSA) is 29.1 Å². The molecule has 1 rings (SSSR count). The fourth-order valence-corrected chi connectivity index (χ4v) is 0.556. The second-order valence-electron chi connectivity index (χ2n) is 1.60. The number of allylic oxidation sites excluding steroid dienone is 2. The molecule has 0 fully saturated rings. The van der Waals surface area contributed by atoms with Gasteiger partial charge in [-0.05, 0) is 12.3 Å². The van der Waals surface area contributed by atoms with Crippen LogP contribution in [-0.2, 0) is 4.79 Å². The third-order valence-electron chi connectivity index (χ3n) is 0.982. The molecule has 1 heterocycles. The number of hydrogen-bond donors (Lipinski definition) is 1. The first-order valence-corrected chi connectivity index (χ1v) is 2.48. The lowest BCUT2D eigenvalue weighted by Gasteiger charge is -2.01. The van der Waals surface area contributed by atoms with Gasteiger partial charge < -0.3 is 5.32 Å². The quantitative estimate of drug-likeness (QED) is 0.488. The average molecular weight is 109 g/mol. The Labute approximate surface area is 47.9 Å². The molecule has 0 unspecified atom stereocenters. The molecule has 2 heteroatoms. The predicted octanol–water partition coefficient (Wildman–Crippen LogP) is 0.229. The Bertz CT molecular complexity index is 147. The van der Waals surface area contributed by atoms with Crippen molar-refractivity contribution in [1.29, 1.82) is 0 Å². The Morgan fingerprint density at radius 1 is 1.75 bits per heavy atom. The molecule has 0 amide bonds. The van der Waals surface area contributed by atoms with Crippen LogP contribution in [0.1, 0.15) is 0 Å². The smallest absolute Gasteiger partial charge is 0.147 e. The minimum atomic E-state index is 0.667. The predicted molar refractivity (Wildman–Crippen MR) is 31.3 cm³/mol. The minimum absolute atomic E-state index is 0.667. The molecule has 0 bridgehead atoms. The van der Waals surface area contributed by atoms with Gasteiger partial charge in [0.25, 0.3) is 0 Å². The van der Waals surface area contributed by atoms with E-state index in [0.29, 0.717) is 6.54 Å². The lowest BCUT2D eigenvalue weighted by molar-refractivity contribution is -0.104. The molecule has 8 heavy (non-hydrogen) atoms. The van der Waals surface area contributed by atoms with Gasteiger partial charge in [0.05, 0.1) is 0 Å². The van der Waals surface area contributed by atoms with Crippen LogP contribution in [0, 0.1) is 0 Å². The first-order chi connectivity index (χ1) is 3.93. The Hall–Kier alpha value is -1.05. The van der Waals surface area contributed by atoms with E-state index in [-0.39, 0.29) is 0 Å². The van der Waals surface area contributed by atoms with Gasteiger partial charge in [-0.25, -0.2) is 0 Å². The van der Waals surface area contributed by atoms with Crippen molar-refractivity contribution in [2.24, 2.45) is 0 Å². The first-order valence-electron chi connectivity index (χ1n) is 2.48. The van der Waals surface area contributed by atoms with Crippen LogP contribution in [0.25, 0.3) is 0 Å². The molecule has 42 valence electrons. The maximum Gasteiger partial charge on any atom is 0.147 e. The van der Waals surface area contributed by atoms with Crippen molar-refractivity contribution in [1.82, 2.24) is 5.32 Å². The van der Waals surface area contributed by atoms with Gasteiger partial charge in [0.1, 0.15) is 6.29 Å². The second kappa shape index (κ2) is 2.31. The fourth-order valence-electron chi connectivity index (χ4n) is 0.556. The number of dihydropyridines is 1. The van der Waals surface area contributed by atoms with Crippen LogP contribution < -0.4 is 5.32 Å². The van der Waals surface area contributed by atoms with E-state index in [1.54, 1.807) is 6.08 Å². The number of carbonyl (C=O) groups is 1. The molecule has 0 saturated heterocycles. The summed E-state index contributed by atoms with van der Waals surface area (Å²) in [6.07, 6.45) is 6.28. The maximum atomic E-state index is 10.0. The summed E-state index contributed by atoms with van der Waals surface area (Å²) in [5.74, 6) is 0. The highest BCUT2D eigenvalue weighted by molar-refractivity contribution is 5.74. The molecule has 0 radical (unpaired) electrons. The van der Waals surface area contributed by atoms with E-state index < -0.39 is 0 Å². The summed E-state index contributed by atoms with van der Waals surface area (Å²) in [5.41, 5.74) is 0.799. The van der Waals surface area contributed by atoms with Crippen LogP contribution >= 0.6 is 0 Å². The summed E-state index contributed by atoms with van der Waals surface area (Å²) < 4.78 is 0. The number of carbonyl (C=O) groups excluding carboxylic acids is 1. The molecular weight excluding hydrogens is 102 g/mol. The van der Waals surface area contributed by atoms with Crippen LogP contribution in [-0.4, -0.2) is 12.8 Å². The Balaban J connectivity index is 2.63. The zero-order valence-electron chi connectivity index (χ0n) is 4.42. The summed E-state index contributed by atoms with van der Waals surface area (Å²) in [7, 11) is 0. The van der Waals surface area contributed by atoms with Gasteiger partial charge in [-0.2, -0.15) is 0 Å². The average Bonchev–Trinajstić information content (AvgIpc) is 1.90. The largest absolute Gasteiger partial charge is 0.387 e. The van der Waals surface area contributed by atoms with Gasteiger partial charge >= 0.3 is 0 Å². The van der Waals surface area contributed by atoms with E-state index in [1.807, 2.05) is 12.3 Å². The first kappa shape index (κ1) is 5.09. The van der Waals surface area contributed by atoms with Gasteiger partial charge in [-0.15, -0.1) is 0 Å². The van der Waals surface area contributed by atoms with E-state index in [1.165, 1.54) is 0 Å². The van der Waals surface area contributed by atoms with Crippen molar-refractivity contribution in [2.75, 3.05) is 6.54 Å². The lowest BCUT2D eigenvalue weighted by atomic mass is 10.2. The summed E-state index contributed by atoms with van der Waals surface area (Å²) in [6.45, 7) is 0.667. The number of hydrogen-bond acceptors (Lipinski definition) is 2. The van der Waals surface area contributed by atoms with Crippen LogP contribution in [0.3, 0.4) is 0 Å². The Morgan fingerprint density at radius 3 is 3.00 bits per heavy atom. The highest BCUT2D eigenvalue weighted by atomic mass is 16.1. The van der Waals surface area contributed by atoms with Gasteiger partial charge in [0.15, 0.2) is 0 Å². The monoisotopic (exact) mass is 109 g/mol. The molecule has 0 aromatic heterocycles. The normalized spacial score (nSPS) is 16.8. The molecule has 0 atom stereocenters. The van der Waals surface area contributed by atoms with Gasteiger partial charge in [0.2, 0.25) is 0 Å². The summed E-state index contributed by atoms with van der Waals surface area (Å²) >= 11 is 0. The van der Waals surface area contributed by atoms with Crippen LogP contribution in [0.2, 0.25) is 0 Å². The highest BCUT2D eigenvalue weighted by Crippen LogP contribution is 1.91. The number of rotatable bonds is 1.